The van der Waals surface area contributed by atoms with Crippen molar-refractivity contribution in [2.24, 2.45) is 0 Å². The first-order valence-electron chi connectivity index (χ1n) is 29.1. The van der Waals surface area contributed by atoms with Crippen LogP contribution in [-0.2, 0) is 23.8 Å². The molecule has 0 fully saturated rings. The second-order valence-electron chi connectivity index (χ2n) is 18.8. The van der Waals surface area contributed by atoms with Crippen LogP contribution >= 0.6 is 0 Å². The zero-order chi connectivity index (χ0) is 50.6. The van der Waals surface area contributed by atoms with Gasteiger partial charge < -0.3 is 14.2 Å². The summed E-state index contributed by atoms with van der Waals surface area (Å²) in [6, 6.07) is 0. The molecule has 0 bridgehead atoms. The summed E-state index contributed by atoms with van der Waals surface area (Å²) in [7, 11) is 0. The smallest absolute Gasteiger partial charge is 0.306 e. The fourth-order valence-electron chi connectivity index (χ4n) is 7.65. The maximum Gasteiger partial charge on any atom is 0.306 e. The highest BCUT2D eigenvalue weighted by atomic mass is 16.6. The average molecular weight is 970 g/mol. The number of unbranched alkanes of at least 4 members (excludes halogenated alkanes) is 21. The lowest BCUT2D eigenvalue weighted by molar-refractivity contribution is -0.162. The van der Waals surface area contributed by atoms with Crippen molar-refractivity contribution in [1.29, 1.82) is 0 Å². The Hall–Kier alpha value is -3.70. The molecule has 5 heteroatoms. The Morgan fingerprint density at radius 2 is 0.671 bits per heavy atom. The van der Waals surface area contributed by atoms with Crippen molar-refractivity contribution >= 4 is 11.9 Å². The first-order chi connectivity index (χ1) is 34.6. The van der Waals surface area contributed by atoms with Gasteiger partial charge in [0.15, 0.2) is 6.10 Å². The van der Waals surface area contributed by atoms with Crippen LogP contribution in [0.2, 0.25) is 0 Å². The maximum atomic E-state index is 12.9. The minimum absolute atomic E-state index is 0.0308. The van der Waals surface area contributed by atoms with E-state index in [1.165, 1.54) is 122 Å². The summed E-state index contributed by atoms with van der Waals surface area (Å²) < 4.78 is 17.4. The number of allylic oxidation sites excluding steroid dienone is 20. The molecule has 1 unspecified atom stereocenters. The Labute approximate surface area is 433 Å². The second-order valence-corrected chi connectivity index (χ2v) is 18.8. The molecule has 0 aliphatic heterocycles. The van der Waals surface area contributed by atoms with Crippen LogP contribution in [0.4, 0.5) is 0 Å². The molecule has 0 heterocycles. The quantitative estimate of drug-likeness (QED) is 0.0345. The predicted molar refractivity (Wildman–Crippen MR) is 306 cm³/mol. The Morgan fingerprint density at radius 3 is 1.13 bits per heavy atom. The van der Waals surface area contributed by atoms with E-state index in [4.69, 9.17) is 14.2 Å². The van der Waals surface area contributed by atoms with E-state index in [0.29, 0.717) is 25.9 Å². The van der Waals surface area contributed by atoms with E-state index in [1.54, 1.807) is 0 Å². The summed E-state index contributed by atoms with van der Waals surface area (Å²) in [4.78, 5) is 25.5. The van der Waals surface area contributed by atoms with Gasteiger partial charge in [-0.2, -0.15) is 0 Å². The second kappa shape index (κ2) is 59.6. The third kappa shape index (κ3) is 56.9. The van der Waals surface area contributed by atoms with Gasteiger partial charge in [-0.15, -0.1) is 0 Å². The molecule has 0 aromatic carbocycles. The molecule has 5 nitrogen and oxygen atoms in total. The molecule has 0 amide bonds. The summed E-state index contributed by atoms with van der Waals surface area (Å²) in [5.74, 6) is -0.514. The van der Waals surface area contributed by atoms with Crippen molar-refractivity contribution in [3.63, 3.8) is 0 Å². The highest BCUT2D eigenvalue weighted by molar-refractivity contribution is 5.70. The zero-order valence-electron chi connectivity index (χ0n) is 45.7. The third-order valence-electron chi connectivity index (χ3n) is 12.0. The Kier molecular flexibility index (Phi) is 56.5. The van der Waals surface area contributed by atoms with Crippen LogP contribution in [0.3, 0.4) is 0 Å². The van der Waals surface area contributed by atoms with Crippen LogP contribution in [0, 0.1) is 0 Å². The number of rotatable bonds is 52. The highest BCUT2D eigenvalue weighted by Crippen LogP contribution is 2.13. The molecule has 0 saturated carbocycles. The molecule has 0 aliphatic carbocycles. The molecule has 70 heavy (non-hydrogen) atoms. The van der Waals surface area contributed by atoms with Gasteiger partial charge in [-0.1, -0.05) is 239 Å². The van der Waals surface area contributed by atoms with Crippen LogP contribution in [0.1, 0.15) is 252 Å². The number of hydrogen-bond donors (Lipinski definition) is 0. The first kappa shape index (κ1) is 66.3. The lowest BCUT2D eigenvalue weighted by atomic mass is 10.1. The Balaban J connectivity index is 4.45. The molecule has 0 N–H and O–H groups in total. The molecule has 0 saturated heterocycles. The molecule has 0 aliphatic rings. The van der Waals surface area contributed by atoms with Crippen molar-refractivity contribution in [1.82, 2.24) is 0 Å². The van der Waals surface area contributed by atoms with Crippen LogP contribution < -0.4 is 0 Å². The minimum atomic E-state index is -0.586. The van der Waals surface area contributed by atoms with Crippen molar-refractivity contribution in [3.8, 4) is 0 Å². The van der Waals surface area contributed by atoms with E-state index in [2.05, 4.69) is 136 Å². The van der Waals surface area contributed by atoms with Crippen molar-refractivity contribution in [2.45, 2.75) is 258 Å². The minimum Gasteiger partial charge on any atom is -0.462 e. The molecular weight excluding hydrogens is 861 g/mol. The topological polar surface area (TPSA) is 61.8 Å². The normalized spacial score (nSPS) is 13.1. The largest absolute Gasteiger partial charge is 0.462 e. The van der Waals surface area contributed by atoms with E-state index in [1.807, 2.05) is 6.08 Å². The number of ether oxygens (including phenoxy) is 3. The van der Waals surface area contributed by atoms with E-state index in [9.17, 15) is 9.59 Å². The first-order valence-corrected chi connectivity index (χ1v) is 29.1. The third-order valence-corrected chi connectivity index (χ3v) is 12.0. The van der Waals surface area contributed by atoms with Gasteiger partial charge in [0.05, 0.1) is 6.61 Å². The summed E-state index contributed by atoms with van der Waals surface area (Å²) >= 11 is 0. The molecule has 0 rings (SSSR count). The number of carbonyl (C=O) groups excluding carboxylic acids is 2. The number of hydrogen-bond acceptors (Lipinski definition) is 5. The van der Waals surface area contributed by atoms with Crippen LogP contribution in [-0.4, -0.2) is 37.9 Å². The Morgan fingerprint density at radius 1 is 0.329 bits per heavy atom. The van der Waals surface area contributed by atoms with Gasteiger partial charge in [0.25, 0.3) is 0 Å². The lowest BCUT2D eigenvalue weighted by Gasteiger charge is -2.18. The van der Waals surface area contributed by atoms with Crippen molar-refractivity contribution in [2.75, 3.05) is 19.8 Å². The van der Waals surface area contributed by atoms with E-state index in [0.717, 1.165) is 89.9 Å². The van der Waals surface area contributed by atoms with Crippen molar-refractivity contribution < 1.29 is 23.8 Å². The fraction of sp³-hybridized carbons (Fsp3) is 0.662. The monoisotopic (exact) mass is 969 g/mol. The highest BCUT2D eigenvalue weighted by Gasteiger charge is 2.17. The van der Waals surface area contributed by atoms with Gasteiger partial charge in [-0.05, 0) is 122 Å². The van der Waals surface area contributed by atoms with E-state index in [-0.39, 0.29) is 25.2 Å². The Bertz CT molecular complexity index is 1420. The van der Waals surface area contributed by atoms with Crippen LogP contribution in [0.25, 0.3) is 0 Å². The predicted octanol–water partition coefficient (Wildman–Crippen LogP) is 20.1. The van der Waals surface area contributed by atoms with Gasteiger partial charge in [0.2, 0.25) is 0 Å². The summed E-state index contributed by atoms with van der Waals surface area (Å²) in [6.45, 7) is 7.58. The number of carbonyl (C=O) groups is 2. The molecular formula is C65H108O5. The van der Waals surface area contributed by atoms with Crippen LogP contribution in [0.5, 0.6) is 0 Å². The molecule has 398 valence electrons. The summed E-state index contributed by atoms with van der Waals surface area (Å²) in [6.07, 6.45) is 83.7. The molecule has 1 atom stereocenters. The molecule has 0 aromatic rings. The summed E-state index contributed by atoms with van der Waals surface area (Å²) in [5, 5.41) is 0. The average Bonchev–Trinajstić information content (AvgIpc) is 3.36. The van der Waals surface area contributed by atoms with Crippen LogP contribution in [0.15, 0.2) is 122 Å². The van der Waals surface area contributed by atoms with E-state index < -0.39 is 6.10 Å². The molecule has 0 aromatic heterocycles. The van der Waals surface area contributed by atoms with Gasteiger partial charge in [-0.25, -0.2) is 0 Å². The SMILES string of the molecule is CC/C=C\C/C=C\C/C=C\C/C=C\C/C=C\C/C=C\CCC(=O)OCC(COCCCCCCCC/C=C\CCCCCCCC)OC(=O)CCCCCCCC/C=C\C/C=C\C/C=C\CCCCC. The maximum absolute atomic E-state index is 12.9. The van der Waals surface area contributed by atoms with E-state index >= 15 is 0 Å². The molecule has 0 radical (unpaired) electrons. The zero-order valence-corrected chi connectivity index (χ0v) is 45.7. The molecule has 0 spiro atoms. The van der Waals surface area contributed by atoms with Crippen molar-refractivity contribution in [3.05, 3.63) is 122 Å². The standard InChI is InChI=1S/C65H108O5/c1-4-7-10-13-16-19-22-25-28-31-33-35-37-40-43-46-49-52-55-58-64(66)69-62-63(61-68-60-57-54-51-48-45-42-39-30-27-24-21-18-15-12-9-6-3)70-65(67)59-56-53-50-47-44-41-38-36-34-32-29-26-23-20-17-14-11-8-5-2/h7,10,16-17,19-20,25-30,33-36,40,43,49,52,63H,4-6,8-9,11-15,18,21-24,31-32,37-39,41-42,44-48,50-51,53-62H2,1-3H3/b10-7-,19-16-,20-17-,28-25-,29-26-,30-27-,35-33-,36-34-,43-40-,52-49-. The fourth-order valence-corrected chi connectivity index (χ4v) is 7.65. The lowest BCUT2D eigenvalue weighted by Crippen LogP contribution is -2.30. The van der Waals surface area contributed by atoms with Gasteiger partial charge in [-0.3, -0.25) is 9.59 Å². The van der Waals surface area contributed by atoms with Gasteiger partial charge in [0, 0.05) is 19.4 Å². The van der Waals surface area contributed by atoms with Gasteiger partial charge >= 0.3 is 11.9 Å². The number of esters is 2. The summed E-state index contributed by atoms with van der Waals surface area (Å²) in [5.41, 5.74) is 0. The van der Waals surface area contributed by atoms with Gasteiger partial charge in [0.1, 0.15) is 6.61 Å².